The van der Waals surface area contributed by atoms with Gasteiger partial charge in [-0.15, -0.1) is 0 Å². The average Bonchev–Trinajstić information content (AvgIpc) is 3.06. The Morgan fingerprint density at radius 3 is 2.54 bits per heavy atom. The van der Waals surface area contributed by atoms with E-state index < -0.39 is 18.3 Å². The van der Waals surface area contributed by atoms with E-state index >= 15 is 4.39 Å². The molecule has 4 rings (SSSR count). The van der Waals surface area contributed by atoms with Crippen LogP contribution in [0.25, 0.3) is 0 Å². The highest BCUT2D eigenvalue weighted by Crippen LogP contribution is 2.35. The Morgan fingerprint density at radius 2 is 1.84 bits per heavy atom. The molecule has 1 aliphatic heterocycles. The van der Waals surface area contributed by atoms with E-state index in [9.17, 15) is 18.0 Å². The van der Waals surface area contributed by atoms with Crippen LogP contribution in [0, 0.1) is 6.92 Å². The molecule has 0 spiro atoms. The van der Waals surface area contributed by atoms with Crippen LogP contribution in [0.5, 0.6) is 0 Å². The van der Waals surface area contributed by atoms with Crippen LogP contribution < -0.4 is 5.32 Å². The van der Waals surface area contributed by atoms with Crippen molar-refractivity contribution in [3.05, 3.63) is 52.9 Å². The van der Waals surface area contributed by atoms with Crippen LogP contribution in [0.4, 0.5) is 17.6 Å². The first-order valence-corrected chi connectivity index (χ1v) is 13.1. The standard InChI is InChI=1S/C27H35F4N5O/c1-19-32-17-20(18-33-19)16-25(37)35-23-4-9-26(28,10-5-23)12-15-36-13-7-21-2-3-22(6-11-27(29,30)31)34-24(21)8-14-36/h2-3,17-18,23H,4-16H2,1H3,(H,35,37)/t23-,26+. The fourth-order valence-electron chi connectivity index (χ4n) is 5.17. The highest BCUT2D eigenvalue weighted by molar-refractivity contribution is 5.78. The molecular weight excluding hydrogens is 486 g/mol. The van der Waals surface area contributed by atoms with Crippen molar-refractivity contribution in [3.63, 3.8) is 0 Å². The molecule has 0 bridgehead atoms. The topological polar surface area (TPSA) is 71.0 Å². The molecule has 1 amide bonds. The minimum absolute atomic E-state index is 0.0203. The number of hydrogen-bond acceptors (Lipinski definition) is 5. The summed E-state index contributed by atoms with van der Waals surface area (Å²) in [5.74, 6) is 0.564. The zero-order valence-corrected chi connectivity index (χ0v) is 21.3. The van der Waals surface area contributed by atoms with Crippen LogP contribution in [0.1, 0.15) is 66.9 Å². The van der Waals surface area contributed by atoms with E-state index in [0.29, 0.717) is 56.6 Å². The molecule has 10 heteroatoms. The van der Waals surface area contributed by atoms with Gasteiger partial charge in [0.2, 0.25) is 5.91 Å². The number of alkyl halides is 4. The number of aromatic nitrogens is 3. The molecule has 0 aromatic carbocycles. The summed E-state index contributed by atoms with van der Waals surface area (Å²) in [6.45, 7) is 3.93. The third-order valence-corrected chi connectivity index (χ3v) is 7.47. The number of rotatable bonds is 8. The van der Waals surface area contributed by atoms with Crippen LogP contribution >= 0.6 is 0 Å². The lowest BCUT2D eigenvalue weighted by atomic mass is 9.81. The largest absolute Gasteiger partial charge is 0.389 e. The number of fused-ring (bicyclic) bond motifs is 1. The third kappa shape index (κ3) is 8.45. The van der Waals surface area contributed by atoms with E-state index in [0.717, 1.165) is 36.3 Å². The van der Waals surface area contributed by atoms with Gasteiger partial charge < -0.3 is 10.2 Å². The Hall–Kier alpha value is -2.62. The van der Waals surface area contributed by atoms with Gasteiger partial charge in [-0.25, -0.2) is 14.4 Å². The minimum atomic E-state index is -4.19. The van der Waals surface area contributed by atoms with E-state index in [2.05, 4.69) is 25.2 Å². The summed E-state index contributed by atoms with van der Waals surface area (Å²) < 4.78 is 53.2. The number of nitrogens with zero attached hydrogens (tertiary/aromatic N) is 4. The van der Waals surface area contributed by atoms with Gasteiger partial charge in [0.1, 0.15) is 11.5 Å². The predicted molar refractivity (Wildman–Crippen MR) is 132 cm³/mol. The van der Waals surface area contributed by atoms with E-state index in [1.165, 1.54) is 0 Å². The molecule has 2 aromatic rings. The van der Waals surface area contributed by atoms with Crippen LogP contribution in [-0.2, 0) is 30.5 Å². The summed E-state index contributed by atoms with van der Waals surface area (Å²) in [4.78, 5) is 27.3. The monoisotopic (exact) mass is 521 g/mol. The van der Waals surface area contributed by atoms with Crippen molar-refractivity contribution in [1.82, 2.24) is 25.2 Å². The van der Waals surface area contributed by atoms with Gasteiger partial charge in [0.05, 0.1) is 6.42 Å². The van der Waals surface area contributed by atoms with Crippen LogP contribution in [0.15, 0.2) is 24.5 Å². The lowest BCUT2D eigenvalue weighted by molar-refractivity contribution is -0.134. The second-order valence-corrected chi connectivity index (χ2v) is 10.4. The lowest BCUT2D eigenvalue weighted by Crippen LogP contribution is -2.43. The van der Waals surface area contributed by atoms with Crippen molar-refractivity contribution >= 4 is 5.91 Å². The van der Waals surface area contributed by atoms with Crippen molar-refractivity contribution in [1.29, 1.82) is 0 Å². The predicted octanol–water partition coefficient (Wildman–Crippen LogP) is 4.48. The maximum atomic E-state index is 15.6. The molecule has 0 radical (unpaired) electrons. The van der Waals surface area contributed by atoms with Gasteiger partial charge in [-0.2, -0.15) is 13.2 Å². The van der Waals surface area contributed by atoms with E-state index in [1.54, 1.807) is 25.4 Å². The highest BCUT2D eigenvalue weighted by atomic mass is 19.4. The van der Waals surface area contributed by atoms with Crippen LogP contribution in [0.3, 0.4) is 0 Å². The highest BCUT2D eigenvalue weighted by Gasteiger charge is 2.36. The maximum absolute atomic E-state index is 15.6. The van der Waals surface area contributed by atoms with Crippen LogP contribution in [0.2, 0.25) is 0 Å². The maximum Gasteiger partial charge on any atom is 0.389 e. The van der Waals surface area contributed by atoms with Gasteiger partial charge in [-0.3, -0.25) is 9.78 Å². The number of pyridine rings is 1. The molecule has 1 aliphatic carbocycles. The summed E-state index contributed by atoms with van der Waals surface area (Å²) in [5, 5.41) is 3.02. The fourth-order valence-corrected chi connectivity index (χ4v) is 5.17. The smallest absolute Gasteiger partial charge is 0.353 e. The lowest BCUT2D eigenvalue weighted by Gasteiger charge is -2.35. The zero-order chi connectivity index (χ0) is 26.5. The summed E-state index contributed by atoms with van der Waals surface area (Å²) >= 11 is 0. The first kappa shape index (κ1) is 27.4. The van der Waals surface area contributed by atoms with Crippen molar-refractivity contribution < 1.29 is 22.4 Å². The van der Waals surface area contributed by atoms with Crippen molar-refractivity contribution in [3.8, 4) is 0 Å². The molecule has 0 unspecified atom stereocenters. The second-order valence-electron chi connectivity index (χ2n) is 10.4. The molecule has 37 heavy (non-hydrogen) atoms. The fraction of sp³-hybridized carbons (Fsp3) is 0.630. The van der Waals surface area contributed by atoms with Gasteiger partial charge in [-0.05, 0) is 69.1 Å². The number of aryl methyl sites for hydroxylation is 2. The van der Waals surface area contributed by atoms with Crippen molar-refractivity contribution in [2.75, 3.05) is 19.6 Å². The van der Waals surface area contributed by atoms with Gasteiger partial charge >= 0.3 is 6.18 Å². The summed E-state index contributed by atoms with van der Waals surface area (Å²) in [6.07, 6.45) is 2.30. The molecule has 2 aliphatic rings. The van der Waals surface area contributed by atoms with Gasteiger partial charge in [0.25, 0.3) is 0 Å². The number of carbonyl (C=O) groups is 1. The summed E-state index contributed by atoms with van der Waals surface area (Å²) in [7, 11) is 0. The Kier molecular flexibility index (Phi) is 8.77. The molecule has 1 saturated carbocycles. The molecule has 1 fully saturated rings. The molecular formula is C27H35F4N5O. The quantitative estimate of drug-likeness (QED) is 0.519. The summed E-state index contributed by atoms with van der Waals surface area (Å²) in [5.41, 5.74) is 1.93. The van der Waals surface area contributed by atoms with Crippen molar-refractivity contribution in [2.45, 2.75) is 89.0 Å². The van der Waals surface area contributed by atoms with E-state index in [4.69, 9.17) is 0 Å². The van der Waals surface area contributed by atoms with Crippen molar-refractivity contribution in [2.24, 2.45) is 0 Å². The molecule has 2 aromatic heterocycles. The Morgan fingerprint density at radius 1 is 1.14 bits per heavy atom. The van der Waals surface area contributed by atoms with Gasteiger partial charge in [0.15, 0.2) is 0 Å². The number of halogens is 4. The van der Waals surface area contributed by atoms with E-state index in [-0.39, 0.29) is 24.8 Å². The first-order valence-electron chi connectivity index (χ1n) is 13.1. The van der Waals surface area contributed by atoms with E-state index in [1.807, 2.05) is 6.07 Å². The molecule has 0 saturated heterocycles. The minimum Gasteiger partial charge on any atom is -0.353 e. The van der Waals surface area contributed by atoms with Gasteiger partial charge in [0, 0.05) is 62.3 Å². The Balaban J connectivity index is 1.19. The average molecular weight is 522 g/mol. The molecule has 0 atom stereocenters. The molecule has 3 heterocycles. The van der Waals surface area contributed by atoms with Gasteiger partial charge in [-0.1, -0.05) is 6.07 Å². The third-order valence-electron chi connectivity index (χ3n) is 7.47. The number of amides is 1. The molecule has 1 N–H and O–H groups in total. The summed E-state index contributed by atoms with van der Waals surface area (Å²) in [6, 6.07) is 3.58. The van der Waals surface area contributed by atoms with Crippen LogP contribution in [-0.4, -0.2) is 63.3 Å². The Bertz CT molecular complexity index is 1050. The SMILES string of the molecule is Cc1ncc(CC(=O)N[C@H]2CC[C@](F)(CCN3CCc4ccc(CCC(F)(F)F)nc4CC3)CC2)cn1. The zero-order valence-electron chi connectivity index (χ0n) is 21.3. The normalized spacial score (nSPS) is 22.8. The number of nitrogens with one attached hydrogen (secondary N) is 1. The number of hydrogen-bond donors (Lipinski definition) is 1. The number of carbonyl (C=O) groups excluding carboxylic acids is 1. The second kappa shape index (κ2) is 11.8. The first-order chi connectivity index (χ1) is 17.6. The molecule has 202 valence electrons. The Labute approximate surface area is 215 Å². The molecule has 6 nitrogen and oxygen atoms in total.